The van der Waals surface area contributed by atoms with E-state index in [0.29, 0.717) is 11.7 Å². The maximum Gasteiger partial charge on any atom is 0.194 e. The summed E-state index contributed by atoms with van der Waals surface area (Å²) in [5.74, 6) is 0.467. The van der Waals surface area contributed by atoms with Gasteiger partial charge in [0, 0.05) is 38.9 Å². The van der Waals surface area contributed by atoms with Gasteiger partial charge in [0.15, 0.2) is 5.96 Å². The molecule has 2 aromatic rings. The number of nitrogens with zero attached hydrogens (tertiary/aromatic N) is 4. The van der Waals surface area contributed by atoms with E-state index in [1.807, 2.05) is 13.0 Å². The highest BCUT2D eigenvalue weighted by Gasteiger charge is 2.41. The van der Waals surface area contributed by atoms with E-state index >= 15 is 0 Å². The van der Waals surface area contributed by atoms with Crippen molar-refractivity contribution < 1.29 is 9.13 Å². The summed E-state index contributed by atoms with van der Waals surface area (Å²) in [4.78, 5) is 13.5. The predicted octanol–water partition coefficient (Wildman–Crippen LogP) is 2.89. The van der Waals surface area contributed by atoms with Crippen molar-refractivity contribution in [3.63, 3.8) is 0 Å². The van der Waals surface area contributed by atoms with Crippen LogP contribution < -0.4 is 5.32 Å². The van der Waals surface area contributed by atoms with Crippen molar-refractivity contribution >= 4 is 29.9 Å². The zero-order chi connectivity index (χ0) is 20.1. The van der Waals surface area contributed by atoms with Crippen molar-refractivity contribution in [3.8, 4) is 0 Å². The van der Waals surface area contributed by atoms with Crippen molar-refractivity contribution in [2.45, 2.75) is 32.2 Å². The number of pyridine rings is 1. The summed E-state index contributed by atoms with van der Waals surface area (Å²) < 4.78 is 20.0. The normalized spacial score (nSPS) is 21.8. The van der Waals surface area contributed by atoms with Crippen LogP contribution in [0.25, 0.3) is 0 Å². The Kier molecular flexibility index (Phi) is 8.41. The molecule has 1 aromatic carbocycles. The van der Waals surface area contributed by atoms with E-state index < -0.39 is 0 Å². The van der Waals surface area contributed by atoms with Gasteiger partial charge in [0.05, 0.1) is 31.0 Å². The van der Waals surface area contributed by atoms with Crippen LogP contribution in [0.1, 0.15) is 18.2 Å². The van der Waals surface area contributed by atoms with Gasteiger partial charge in [-0.3, -0.25) is 9.88 Å². The lowest BCUT2D eigenvalue weighted by Crippen LogP contribution is -2.50. The molecule has 6 nitrogen and oxygen atoms in total. The van der Waals surface area contributed by atoms with Crippen molar-refractivity contribution in [1.82, 2.24) is 20.1 Å². The highest BCUT2D eigenvalue weighted by atomic mass is 127. The average molecular weight is 525 g/mol. The second-order valence-electron chi connectivity index (χ2n) is 7.44. The standard InChI is InChI=1S/C22H28FN5O.HI/c1-2-24-22(26-13-19-18(23)9-6-10-25-19)28-15-20-21(16-28)29-12-11-27(20)14-17-7-4-3-5-8-17;/h3-10,20-21H,2,11-16H2,1H3,(H,24,26);1H. The Morgan fingerprint density at radius 1 is 1.23 bits per heavy atom. The van der Waals surface area contributed by atoms with Crippen molar-refractivity contribution in [2.75, 3.05) is 32.8 Å². The minimum Gasteiger partial charge on any atom is -0.373 e. The van der Waals surface area contributed by atoms with Gasteiger partial charge in [0.1, 0.15) is 5.82 Å². The van der Waals surface area contributed by atoms with E-state index in [1.54, 1.807) is 12.3 Å². The Morgan fingerprint density at radius 2 is 2.07 bits per heavy atom. The summed E-state index contributed by atoms with van der Waals surface area (Å²) in [6.07, 6.45) is 1.75. The number of hydrogen-bond donors (Lipinski definition) is 1. The summed E-state index contributed by atoms with van der Waals surface area (Å²) in [6.45, 7) is 7.23. The number of likely N-dealkylation sites (tertiary alicyclic amines) is 1. The summed E-state index contributed by atoms with van der Waals surface area (Å²) in [5, 5.41) is 3.34. The number of rotatable bonds is 5. The third kappa shape index (κ3) is 5.47. The summed E-state index contributed by atoms with van der Waals surface area (Å²) in [5.41, 5.74) is 1.68. The van der Waals surface area contributed by atoms with Gasteiger partial charge in [-0.25, -0.2) is 9.38 Å². The van der Waals surface area contributed by atoms with Crippen LogP contribution in [-0.2, 0) is 17.8 Å². The number of aromatic nitrogens is 1. The second kappa shape index (κ2) is 11.0. The lowest BCUT2D eigenvalue weighted by atomic mass is 10.1. The fourth-order valence-corrected chi connectivity index (χ4v) is 4.06. The molecule has 2 atom stereocenters. The Morgan fingerprint density at radius 3 is 2.83 bits per heavy atom. The zero-order valence-corrected chi connectivity index (χ0v) is 19.5. The van der Waals surface area contributed by atoms with Gasteiger partial charge in [-0.05, 0) is 24.6 Å². The minimum atomic E-state index is -0.320. The molecule has 0 bridgehead atoms. The monoisotopic (exact) mass is 525 g/mol. The molecule has 0 amide bonds. The fourth-order valence-electron chi connectivity index (χ4n) is 4.06. The van der Waals surface area contributed by atoms with E-state index in [1.165, 1.54) is 11.6 Å². The number of fused-ring (bicyclic) bond motifs is 1. The Labute approximate surface area is 194 Å². The van der Waals surface area contributed by atoms with Gasteiger partial charge in [-0.15, -0.1) is 24.0 Å². The van der Waals surface area contributed by atoms with E-state index in [2.05, 4.69) is 49.4 Å². The van der Waals surface area contributed by atoms with Crippen LogP contribution >= 0.6 is 24.0 Å². The van der Waals surface area contributed by atoms with Crippen LogP contribution in [0.2, 0.25) is 0 Å². The van der Waals surface area contributed by atoms with Gasteiger partial charge >= 0.3 is 0 Å². The molecule has 1 aromatic heterocycles. The Bertz CT molecular complexity index is 837. The smallest absolute Gasteiger partial charge is 0.194 e. The van der Waals surface area contributed by atoms with E-state index in [4.69, 9.17) is 4.74 Å². The van der Waals surface area contributed by atoms with Gasteiger partial charge in [0.2, 0.25) is 0 Å². The highest BCUT2D eigenvalue weighted by Crippen LogP contribution is 2.24. The topological polar surface area (TPSA) is 53.0 Å². The number of morpholine rings is 1. The number of nitrogens with one attached hydrogen (secondary N) is 1. The van der Waals surface area contributed by atoms with Gasteiger partial charge in [-0.1, -0.05) is 30.3 Å². The van der Waals surface area contributed by atoms with Crippen molar-refractivity contribution in [3.05, 3.63) is 65.7 Å². The molecule has 0 aliphatic carbocycles. The number of guanidine groups is 1. The molecule has 0 radical (unpaired) electrons. The number of halogens is 2. The third-order valence-corrected chi connectivity index (χ3v) is 5.49. The number of hydrogen-bond acceptors (Lipinski definition) is 4. The van der Waals surface area contributed by atoms with Crippen LogP contribution in [0.5, 0.6) is 0 Å². The molecule has 0 saturated carbocycles. The molecule has 2 fully saturated rings. The quantitative estimate of drug-likeness (QED) is 0.370. The van der Waals surface area contributed by atoms with Crippen LogP contribution in [0, 0.1) is 5.82 Å². The second-order valence-corrected chi connectivity index (χ2v) is 7.44. The first kappa shape index (κ1) is 22.9. The third-order valence-electron chi connectivity index (χ3n) is 5.49. The molecular formula is C22H29FIN5O. The summed E-state index contributed by atoms with van der Waals surface area (Å²) in [7, 11) is 0. The van der Waals surface area contributed by atoms with E-state index in [9.17, 15) is 4.39 Å². The maximum atomic E-state index is 13.9. The van der Waals surface area contributed by atoms with Crippen molar-refractivity contribution in [2.24, 2.45) is 4.99 Å². The number of benzene rings is 1. The molecule has 30 heavy (non-hydrogen) atoms. The average Bonchev–Trinajstić information content (AvgIpc) is 3.18. The molecule has 0 spiro atoms. The minimum absolute atomic E-state index is 0. The lowest BCUT2D eigenvalue weighted by molar-refractivity contribution is -0.0502. The highest BCUT2D eigenvalue weighted by molar-refractivity contribution is 14.0. The number of ether oxygens (including phenoxy) is 1. The molecule has 8 heteroatoms. The molecule has 1 N–H and O–H groups in total. The van der Waals surface area contributed by atoms with Crippen molar-refractivity contribution in [1.29, 1.82) is 0 Å². The van der Waals surface area contributed by atoms with Crippen LogP contribution in [0.4, 0.5) is 4.39 Å². The van der Waals surface area contributed by atoms with Gasteiger partial charge in [-0.2, -0.15) is 0 Å². The van der Waals surface area contributed by atoms with Crippen LogP contribution in [0.15, 0.2) is 53.7 Å². The molecular weight excluding hydrogens is 496 g/mol. The maximum absolute atomic E-state index is 13.9. The predicted molar refractivity (Wildman–Crippen MR) is 126 cm³/mol. The molecule has 2 saturated heterocycles. The Hall–Kier alpha value is -1.78. The van der Waals surface area contributed by atoms with Gasteiger partial charge < -0.3 is 15.0 Å². The molecule has 162 valence electrons. The molecule has 4 rings (SSSR count). The summed E-state index contributed by atoms with van der Waals surface area (Å²) >= 11 is 0. The fraction of sp³-hybridized carbons (Fsp3) is 0.455. The van der Waals surface area contributed by atoms with E-state index in [-0.39, 0.29) is 42.4 Å². The molecule has 2 aliphatic rings. The molecule has 2 aliphatic heterocycles. The van der Waals surface area contributed by atoms with Crippen LogP contribution in [0.3, 0.4) is 0 Å². The summed E-state index contributed by atoms with van der Waals surface area (Å²) in [6, 6.07) is 13.9. The SMILES string of the molecule is CCNC(=NCc1ncccc1F)N1CC2OCCN(Cc3ccccc3)C2C1.I. The zero-order valence-electron chi connectivity index (χ0n) is 17.2. The Balaban J connectivity index is 0.00000256. The first-order valence-corrected chi connectivity index (χ1v) is 10.3. The molecule has 3 heterocycles. The van der Waals surface area contributed by atoms with E-state index in [0.717, 1.165) is 45.3 Å². The van der Waals surface area contributed by atoms with Crippen LogP contribution in [-0.4, -0.2) is 65.7 Å². The number of aliphatic imine (C=N–C) groups is 1. The van der Waals surface area contributed by atoms with Gasteiger partial charge in [0.25, 0.3) is 0 Å². The lowest BCUT2D eigenvalue weighted by Gasteiger charge is -2.36. The molecule has 2 unspecified atom stereocenters. The first-order valence-electron chi connectivity index (χ1n) is 10.3. The first-order chi connectivity index (χ1) is 14.2. The largest absolute Gasteiger partial charge is 0.373 e.